The number of rotatable bonds is 3. The first-order chi connectivity index (χ1) is 10.9. The fourth-order valence-corrected chi connectivity index (χ4v) is 2.85. The Bertz CT molecular complexity index is 748. The summed E-state index contributed by atoms with van der Waals surface area (Å²) in [6.45, 7) is 3.26. The molecule has 1 fully saturated rings. The molecule has 23 heavy (non-hydrogen) atoms. The first-order valence-corrected chi connectivity index (χ1v) is 7.21. The van der Waals surface area contributed by atoms with E-state index in [1.807, 2.05) is 25.1 Å². The van der Waals surface area contributed by atoms with Crippen molar-refractivity contribution in [2.45, 2.75) is 12.5 Å². The normalized spacial score (nSPS) is 21.4. The summed E-state index contributed by atoms with van der Waals surface area (Å²) in [4.78, 5) is 12.5. The van der Waals surface area contributed by atoms with Gasteiger partial charge in [-0.3, -0.25) is 14.8 Å². The summed E-state index contributed by atoms with van der Waals surface area (Å²) in [5.41, 5.74) is 0.430. The Morgan fingerprint density at radius 3 is 2.91 bits per heavy atom. The van der Waals surface area contributed by atoms with Crippen molar-refractivity contribution in [2.75, 3.05) is 24.6 Å². The fourth-order valence-electron chi connectivity index (χ4n) is 2.85. The number of halogens is 1. The Hall–Kier alpha value is -2.48. The van der Waals surface area contributed by atoms with E-state index in [-0.39, 0.29) is 5.69 Å². The van der Waals surface area contributed by atoms with Crippen LogP contribution in [0, 0.1) is 15.9 Å². The minimum atomic E-state index is -0.630. The van der Waals surface area contributed by atoms with Crippen LogP contribution < -0.4 is 4.90 Å². The summed E-state index contributed by atoms with van der Waals surface area (Å²) >= 11 is 0. The van der Waals surface area contributed by atoms with Crippen molar-refractivity contribution in [1.29, 1.82) is 0 Å². The van der Waals surface area contributed by atoms with Crippen molar-refractivity contribution < 1.29 is 14.1 Å². The van der Waals surface area contributed by atoms with E-state index in [4.69, 9.17) is 4.74 Å². The highest BCUT2D eigenvalue weighted by Gasteiger charge is 2.36. The van der Waals surface area contributed by atoms with Crippen molar-refractivity contribution in [3.63, 3.8) is 0 Å². The van der Waals surface area contributed by atoms with Gasteiger partial charge in [-0.2, -0.15) is 5.10 Å². The van der Waals surface area contributed by atoms with Crippen LogP contribution in [0.15, 0.2) is 30.6 Å². The number of ether oxygens (including phenoxy) is 1. The smallest absolute Gasteiger partial charge is 0.295 e. The molecule has 0 saturated carbocycles. The molecule has 0 N–H and O–H groups in total. The van der Waals surface area contributed by atoms with E-state index in [9.17, 15) is 14.5 Å². The number of hydrogen-bond donors (Lipinski definition) is 0. The summed E-state index contributed by atoms with van der Waals surface area (Å²) in [5, 5.41) is 15.4. The Labute approximate surface area is 132 Å². The molecule has 2 aromatic rings. The molecule has 7 nitrogen and oxygen atoms in total. The molecular weight excluding hydrogens is 303 g/mol. The number of nitro benzene ring substituents is 1. The molecule has 3 rings (SSSR count). The van der Waals surface area contributed by atoms with E-state index in [1.165, 1.54) is 12.1 Å². The van der Waals surface area contributed by atoms with Gasteiger partial charge in [0.25, 0.3) is 5.69 Å². The molecular formula is C15H17FN4O3. The van der Waals surface area contributed by atoms with Crippen molar-refractivity contribution >= 4 is 11.4 Å². The van der Waals surface area contributed by atoms with Gasteiger partial charge in [0, 0.05) is 25.4 Å². The third-order valence-electron chi connectivity index (χ3n) is 4.06. The maximum Gasteiger partial charge on any atom is 0.295 e. The van der Waals surface area contributed by atoms with Crippen molar-refractivity contribution in [2.24, 2.45) is 7.05 Å². The van der Waals surface area contributed by atoms with Gasteiger partial charge in [0.1, 0.15) is 17.1 Å². The topological polar surface area (TPSA) is 73.4 Å². The van der Waals surface area contributed by atoms with Crippen LogP contribution >= 0.6 is 0 Å². The summed E-state index contributed by atoms with van der Waals surface area (Å²) < 4.78 is 20.9. The summed E-state index contributed by atoms with van der Waals surface area (Å²) in [7, 11) is 1.82. The third-order valence-corrected chi connectivity index (χ3v) is 4.06. The van der Waals surface area contributed by atoms with Crippen LogP contribution in [0.5, 0.6) is 0 Å². The average Bonchev–Trinajstić information content (AvgIpc) is 2.94. The molecule has 0 amide bonds. The monoisotopic (exact) mass is 320 g/mol. The molecule has 0 radical (unpaired) electrons. The van der Waals surface area contributed by atoms with Gasteiger partial charge in [-0.15, -0.1) is 0 Å². The highest BCUT2D eigenvalue weighted by Crippen LogP contribution is 2.35. The zero-order valence-corrected chi connectivity index (χ0v) is 12.9. The summed E-state index contributed by atoms with van der Waals surface area (Å²) in [6, 6.07) is 3.63. The first-order valence-electron chi connectivity index (χ1n) is 7.21. The number of aromatic nitrogens is 2. The first kappa shape index (κ1) is 15.4. The summed E-state index contributed by atoms with van der Waals surface area (Å²) in [5.74, 6) is -0.622. The van der Waals surface area contributed by atoms with Crippen LogP contribution in [0.4, 0.5) is 15.8 Å². The minimum absolute atomic E-state index is 0.236. The largest absolute Gasteiger partial charge is 0.367 e. The molecule has 8 heteroatoms. The predicted octanol–water partition coefficient (Wildman–Crippen LogP) is 2.22. The van der Waals surface area contributed by atoms with E-state index >= 15 is 0 Å². The molecule has 0 spiro atoms. The number of morpholine rings is 1. The van der Waals surface area contributed by atoms with Gasteiger partial charge in [-0.1, -0.05) is 0 Å². The lowest BCUT2D eigenvalue weighted by atomic mass is 9.96. The Morgan fingerprint density at radius 1 is 1.48 bits per heavy atom. The second-order valence-electron chi connectivity index (χ2n) is 5.79. The molecule has 122 valence electrons. The summed E-state index contributed by atoms with van der Waals surface area (Å²) in [6.07, 6.45) is 3.59. The van der Waals surface area contributed by atoms with E-state index in [2.05, 4.69) is 5.10 Å². The van der Waals surface area contributed by atoms with Gasteiger partial charge in [0.15, 0.2) is 0 Å². The molecule has 1 unspecified atom stereocenters. The van der Waals surface area contributed by atoms with Gasteiger partial charge in [0.2, 0.25) is 0 Å². The van der Waals surface area contributed by atoms with Crippen LogP contribution in [0.3, 0.4) is 0 Å². The highest BCUT2D eigenvalue weighted by molar-refractivity contribution is 5.63. The number of nitro groups is 1. The minimum Gasteiger partial charge on any atom is -0.367 e. The van der Waals surface area contributed by atoms with E-state index in [0.29, 0.717) is 25.4 Å². The lowest BCUT2D eigenvalue weighted by Gasteiger charge is -2.40. The van der Waals surface area contributed by atoms with Crippen molar-refractivity contribution in [1.82, 2.24) is 9.78 Å². The molecule has 1 atom stereocenters. The molecule has 0 aliphatic carbocycles. The number of anilines is 1. The van der Waals surface area contributed by atoms with Crippen molar-refractivity contribution in [3.05, 3.63) is 52.1 Å². The van der Waals surface area contributed by atoms with Gasteiger partial charge in [-0.05, 0) is 19.1 Å². The van der Waals surface area contributed by atoms with E-state index in [1.54, 1.807) is 10.9 Å². The van der Waals surface area contributed by atoms with Crippen molar-refractivity contribution in [3.8, 4) is 0 Å². The quantitative estimate of drug-likeness (QED) is 0.640. The zero-order chi connectivity index (χ0) is 16.6. The van der Waals surface area contributed by atoms with Crippen LogP contribution in [0.25, 0.3) is 0 Å². The van der Waals surface area contributed by atoms with Gasteiger partial charge < -0.3 is 9.64 Å². The number of benzene rings is 1. The molecule has 1 aliphatic heterocycles. The molecule has 1 aliphatic rings. The van der Waals surface area contributed by atoms with Gasteiger partial charge in [0.05, 0.1) is 30.3 Å². The average molecular weight is 320 g/mol. The molecule has 0 bridgehead atoms. The highest BCUT2D eigenvalue weighted by atomic mass is 19.1. The van der Waals surface area contributed by atoms with Crippen LogP contribution in [0.2, 0.25) is 0 Å². The molecule has 1 aromatic carbocycles. The zero-order valence-electron chi connectivity index (χ0n) is 12.9. The number of nitrogens with zero attached hydrogens (tertiary/aromatic N) is 4. The fraction of sp³-hybridized carbons (Fsp3) is 0.400. The maximum atomic E-state index is 13.3. The number of aryl methyl sites for hydroxylation is 1. The van der Waals surface area contributed by atoms with E-state index < -0.39 is 16.3 Å². The standard InChI is InChI=1S/C15H17FN4O3/c1-15(11-8-17-18(2)9-11)10-19(5-6-23-15)13-4-3-12(16)7-14(13)20(21)22/h3-4,7-9H,5-6,10H2,1-2H3. The third kappa shape index (κ3) is 2.89. The van der Waals surface area contributed by atoms with Crippen LogP contribution in [-0.4, -0.2) is 34.4 Å². The SMILES string of the molecule is Cn1cc(C2(C)CN(c3ccc(F)cc3[N+](=O)[O-])CCO2)cn1. The lowest BCUT2D eigenvalue weighted by Crippen LogP contribution is -2.48. The van der Waals surface area contributed by atoms with Crippen LogP contribution in [0.1, 0.15) is 12.5 Å². The second-order valence-corrected chi connectivity index (χ2v) is 5.79. The Balaban J connectivity index is 1.94. The lowest BCUT2D eigenvalue weighted by molar-refractivity contribution is -0.384. The maximum absolute atomic E-state index is 13.3. The van der Waals surface area contributed by atoms with Gasteiger partial charge in [-0.25, -0.2) is 4.39 Å². The Morgan fingerprint density at radius 2 is 2.26 bits per heavy atom. The van der Waals surface area contributed by atoms with Gasteiger partial charge >= 0.3 is 0 Å². The van der Waals surface area contributed by atoms with Crippen LogP contribution in [-0.2, 0) is 17.4 Å². The molecule has 1 aromatic heterocycles. The Kier molecular flexibility index (Phi) is 3.77. The molecule has 2 heterocycles. The second kappa shape index (κ2) is 5.62. The number of hydrogen-bond acceptors (Lipinski definition) is 5. The predicted molar refractivity (Wildman–Crippen MR) is 81.8 cm³/mol. The molecule has 1 saturated heterocycles. The van der Waals surface area contributed by atoms with E-state index in [0.717, 1.165) is 11.6 Å².